The number of aromatic amines is 2. The fourth-order valence-electron chi connectivity index (χ4n) is 3.35. The number of imidazole rings is 1. The number of benzene rings is 1. The zero-order valence-corrected chi connectivity index (χ0v) is 17.0. The van der Waals surface area contributed by atoms with Crippen molar-refractivity contribution in [2.45, 2.75) is 20.4 Å². The molecule has 0 atom stereocenters. The Kier molecular flexibility index (Phi) is 5.54. The number of fused-ring (bicyclic) bond motifs is 1. The van der Waals surface area contributed by atoms with Crippen LogP contribution in [0, 0.1) is 12.7 Å². The molecule has 0 unspecified atom stereocenters. The van der Waals surface area contributed by atoms with Crippen molar-refractivity contribution in [3.63, 3.8) is 0 Å². The summed E-state index contributed by atoms with van der Waals surface area (Å²) in [4.78, 5) is 12.2. The molecular weight excluding hydrogens is 379 g/mol. The SMILES string of the molecule is C=C/C=C\c1nc(-c2[nH]nc3c(F)cc(-c4cncc(CNCC)c4)cc23)[nH]c1C. The number of hydrogen-bond acceptors (Lipinski definition) is 4. The molecule has 4 aromatic rings. The number of pyridine rings is 1. The van der Waals surface area contributed by atoms with E-state index in [0.717, 1.165) is 34.6 Å². The second kappa shape index (κ2) is 8.42. The van der Waals surface area contributed by atoms with Crippen LogP contribution in [0.1, 0.15) is 23.9 Å². The van der Waals surface area contributed by atoms with E-state index in [1.165, 1.54) is 6.07 Å². The van der Waals surface area contributed by atoms with Gasteiger partial charge in [0.15, 0.2) is 11.6 Å². The Morgan fingerprint density at radius 2 is 2.07 bits per heavy atom. The zero-order valence-electron chi connectivity index (χ0n) is 17.0. The van der Waals surface area contributed by atoms with Gasteiger partial charge in [-0.25, -0.2) is 9.37 Å². The van der Waals surface area contributed by atoms with Gasteiger partial charge in [0.05, 0.1) is 5.69 Å². The van der Waals surface area contributed by atoms with Gasteiger partial charge >= 0.3 is 0 Å². The minimum atomic E-state index is -0.392. The highest BCUT2D eigenvalue weighted by molar-refractivity contribution is 5.94. The Hall–Kier alpha value is -3.58. The van der Waals surface area contributed by atoms with Crippen LogP contribution in [0.4, 0.5) is 4.39 Å². The molecule has 0 fully saturated rings. The summed E-state index contributed by atoms with van der Waals surface area (Å²) in [5.41, 5.74) is 5.26. The Balaban J connectivity index is 1.79. The number of rotatable bonds is 7. The molecule has 30 heavy (non-hydrogen) atoms. The first-order chi connectivity index (χ1) is 14.6. The van der Waals surface area contributed by atoms with Crippen LogP contribution in [0.5, 0.6) is 0 Å². The van der Waals surface area contributed by atoms with Gasteiger partial charge in [-0.3, -0.25) is 10.1 Å². The van der Waals surface area contributed by atoms with Gasteiger partial charge in [-0.1, -0.05) is 25.7 Å². The zero-order chi connectivity index (χ0) is 21.1. The normalized spacial score (nSPS) is 11.6. The first-order valence-corrected chi connectivity index (χ1v) is 9.79. The van der Waals surface area contributed by atoms with E-state index in [-0.39, 0.29) is 5.52 Å². The molecule has 3 aromatic heterocycles. The van der Waals surface area contributed by atoms with Gasteiger partial charge in [-0.05, 0) is 48.9 Å². The number of aryl methyl sites for hydroxylation is 1. The van der Waals surface area contributed by atoms with Gasteiger partial charge < -0.3 is 10.3 Å². The number of nitrogens with zero attached hydrogens (tertiary/aromatic N) is 3. The number of halogens is 1. The second-order valence-electron chi connectivity index (χ2n) is 7.01. The van der Waals surface area contributed by atoms with Crippen LogP contribution >= 0.6 is 0 Å². The van der Waals surface area contributed by atoms with Crippen LogP contribution in [-0.4, -0.2) is 31.7 Å². The minimum absolute atomic E-state index is 0.280. The molecule has 3 heterocycles. The summed E-state index contributed by atoms with van der Waals surface area (Å²) in [6.07, 6.45) is 8.94. The molecule has 0 radical (unpaired) electrons. The molecule has 0 aliphatic carbocycles. The van der Waals surface area contributed by atoms with Crippen molar-refractivity contribution >= 4 is 17.0 Å². The third-order valence-corrected chi connectivity index (χ3v) is 4.87. The summed E-state index contributed by atoms with van der Waals surface area (Å²) < 4.78 is 14.8. The summed E-state index contributed by atoms with van der Waals surface area (Å²) >= 11 is 0. The average Bonchev–Trinajstić information content (AvgIpc) is 3.34. The second-order valence-corrected chi connectivity index (χ2v) is 7.01. The van der Waals surface area contributed by atoms with E-state index in [0.29, 0.717) is 23.4 Å². The number of H-pyrrole nitrogens is 2. The molecule has 0 aliphatic rings. The van der Waals surface area contributed by atoms with Crippen LogP contribution in [-0.2, 0) is 6.54 Å². The molecule has 0 bridgehead atoms. The largest absolute Gasteiger partial charge is 0.340 e. The van der Waals surface area contributed by atoms with Crippen molar-refractivity contribution in [2.24, 2.45) is 0 Å². The number of nitrogens with one attached hydrogen (secondary N) is 3. The summed E-state index contributed by atoms with van der Waals surface area (Å²) in [6, 6.07) is 5.43. The van der Waals surface area contributed by atoms with Gasteiger partial charge in [0.2, 0.25) is 0 Å². The first-order valence-electron chi connectivity index (χ1n) is 9.79. The fourth-order valence-corrected chi connectivity index (χ4v) is 3.35. The number of hydrogen-bond donors (Lipinski definition) is 3. The van der Waals surface area contributed by atoms with E-state index in [1.807, 2.05) is 37.4 Å². The van der Waals surface area contributed by atoms with Crippen molar-refractivity contribution < 1.29 is 4.39 Å². The fraction of sp³-hybridized carbons (Fsp3) is 0.174. The summed E-state index contributed by atoms with van der Waals surface area (Å²) in [5, 5.41) is 11.0. The van der Waals surface area contributed by atoms with E-state index < -0.39 is 5.82 Å². The van der Waals surface area contributed by atoms with Crippen molar-refractivity contribution in [3.8, 4) is 22.6 Å². The van der Waals surface area contributed by atoms with Gasteiger partial charge in [0.1, 0.15) is 11.2 Å². The molecule has 7 heteroatoms. The van der Waals surface area contributed by atoms with Gasteiger partial charge in [0.25, 0.3) is 0 Å². The van der Waals surface area contributed by atoms with Crippen LogP contribution in [0.3, 0.4) is 0 Å². The maximum Gasteiger partial charge on any atom is 0.156 e. The average molecular weight is 402 g/mol. The highest BCUT2D eigenvalue weighted by Gasteiger charge is 2.17. The molecule has 0 amide bonds. The van der Waals surface area contributed by atoms with Crippen LogP contribution in [0.15, 0.2) is 49.3 Å². The lowest BCUT2D eigenvalue weighted by Gasteiger charge is -2.06. The lowest BCUT2D eigenvalue weighted by molar-refractivity contribution is 0.636. The molecule has 4 rings (SSSR count). The molecule has 0 saturated heterocycles. The van der Waals surface area contributed by atoms with Crippen molar-refractivity contribution in [1.29, 1.82) is 0 Å². The standard InChI is InChI=1S/C23H23FN6/c1-4-6-7-20-14(3)27-23(28-20)22-18-9-16(10-19(24)21(18)29-30-22)17-8-15(11-25-5-2)12-26-13-17/h4,6-10,12-13,25H,1,5,11H2,2-3H3,(H,27,28)(H,29,30)/b7-6-. The van der Waals surface area contributed by atoms with Gasteiger partial charge in [-0.2, -0.15) is 5.10 Å². The van der Waals surface area contributed by atoms with E-state index in [4.69, 9.17) is 0 Å². The summed E-state index contributed by atoms with van der Waals surface area (Å²) in [5.74, 6) is 0.214. The Labute approximate surface area is 174 Å². The Morgan fingerprint density at radius 1 is 1.20 bits per heavy atom. The smallest absolute Gasteiger partial charge is 0.156 e. The van der Waals surface area contributed by atoms with Crippen LogP contribution in [0.25, 0.3) is 39.6 Å². The molecule has 0 aliphatic heterocycles. The molecule has 0 spiro atoms. The van der Waals surface area contributed by atoms with Gasteiger partial charge in [-0.15, -0.1) is 0 Å². The Morgan fingerprint density at radius 3 is 2.87 bits per heavy atom. The lowest BCUT2D eigenvalue weighted by Crippen LogP contribution is -2.11. The highest BCUT2D eigenvalue weighted by atomic mass is 19.1. The third-order valence-electron chi connectivity index (χ3n) is 4.87. The third kappa shape index (κ3) is 3.79. The molecule has 6 nitrogen and oxygen atoms in total. The monoisotopic (exact) mass is 402 g/mol. The van der Waals surface area contributed by atoms with Crippen molar-refractivity contribution in [1.82, 2.24) is 30.5 Å². The first kappa shape index (κ1) is 19.7. The topological polar surface area (TPSA) is 82.3 Å². The Bertz CT molecular complexity index is 1230. The molecule has 3 N–H and O–H groups in total. The minimum Gasteiger partial charge on any atom is -0.340 e. The highest BCUT2D eigenvalue weighted by Crippen LogP contribution is 2.32. The van der Waals surface area contributed by atoms with Crippen molar-refractivity contribution in [2.75, 3.05) is 6.54 Å². The maximum atomic E-state index is 14.8. The summed E-state index contributed by atoms with van der Waals surface area (Å²) in [6.45, 7) is 9.25. The molecule has 1 aromatic carbocycles. The van der Waals surface area contributed by atoms with Crippen LogP contribution < -0.4 is 5.32 Å². The predicted octanol–water partition coefficient (Wildman–Crippen LogP) is 4.77. The lowest BCUT2D eigenvalue weighted by atomic mass is 10.0. The van der Waals surface area contributed by atoms with E-state index in [2.05, 4.69) is 44.0 Å². The molecule has 0 saturated carbocycles. The molecular formula is C23H23FN6. The number of allylic oxidation sites excluding steroid dienone is 2. The predicted molar refractivity (Wildman–Crippen MR) is 118 cm³/mol. The van der Waals surface area contributed by atoms with Crippen molar-refractivity contribution in [3.05, 3.63) is 72.1 Å². The van der Waals surface area contributed by atoms with E-state index >= 15 is 0 Å². The molecule has 152 valence electrons. The summed E-state index contributed by atoms with van der Waals surface area (Å²) in [7, 11) is 0. The van der Waals surface area contributed by atoms with Crippen LogP contribution in [0.2, 0.25) is 0 Å². The van der Waals surface area contributed by atoms with Gasteiger partial charge in [0, 0.05) is 35.6 Å². The van der Waals surface area contributed by atoms with E-state index in [1.54, 1.807) is 12.3 Å². The quantitative estimate of drug-likeness (QED) is 0.389. The number of aromatic nitrogens is 5. The maximum absolute atomic E-state index is 14.8. The van der Waals surface area contributed by atoms with E-state index in [9.17, 15) is 4.39 Å².